The van der Waals surface area contributed by atoms with Gasteiger partial charge in [0.2, 0.25) is 0 Å². The van der Waals surface area contributed by atoms with Gasteiger partial charge in [-0.05, 0) is 97.3 Å². The number of hydrogen-bond donors (Lipinski definition) is 1. The largest absolute Gasteiger partial charge is 0.356 e. The lowest BCUT2D eigenvalue weighted by atomic mass is 9.56. The number of rotatable bonds is 4. The molecule has 4 aliphatic rings. The first-order chi connectivity index (χ1) is 15.8. The van der Waals surface area contributed by atoms with Crippen molar-refractivity contribution >= 4 is 5.69 Å². The average Bonchev–Trinajstić information content (AvgIpc) is 3.34. The fraction of sp³-hybridized carbons (Fsp3) is 0.355. The first-order valence-electron chi connectivity index (χ1n) is 12.6. The second kappa shape index (κ2) is 8.28. The Balaban J connectivity index is 1.52. The summed E-state index contributed by atoms with van der Waals surface area (Å²) in [5.74, 6) is 1.47. The summed E-state index contributed by atoms with van der Waals surface area (Å²) >= 11 is 0. The van der Waals surface area contributed by atoms with Crippen molar-refractivity contribution in [3.63, 3.8) is 0 Å². The minimum atomic E-state index is -0.0262. The van der Waals surface area contributed by atoms with Gasteiger partial charge in [-0.15, -0.1) is 0 Å². The maximum absolute atomic E-state index is 3.70. The molecule has 1 fully saturated rings. The van der Waals surface area contributed by atoms with Crippen molar-refractivity contribution in [3.8, 4) is 0 Å². The molecule has 2 aromatic carbocycles. The maximum Gasteiger partial charge on any atom is 0.0453 e. The third kappa shape index (κ3) is 3.30. The number of fused-ring (bicyclic) bond motifs is 3. The number of hydrogen-bond acceptors (Lipinski definition) is 1. The summed E-state index contributed by atoms with van der Waals surface area (Å²) in [5.41, 5.74) is 8.56. The maximum atomic E-state index is 3.70. The molecule has 4 aliphatic carbocycles. The molecule has 6 rings (SSSR count). The van der Waals surface area contributed by atoms with E-state index in [1.165, 1.54) is 54.6 Å². The van der Waals surface area contributed by atoms with E-state index in [9.17, 15) is 0 Å². The molecule has 0 saturated heterocycles. The second-order valence-electron chi connectivity index (χ2n) is 9.98. The third-order valence-corrected chi connectivity index (χ3v) is 8.18. The Labute approximate surface area is 192 Å². The Kier molecular flexibility index (Phi) is 5.14. The van der Waals surface area contributed by atoms with Crippen molar-refractivity contribution in [1.29, 1.82) is 0 Å². The van der Waals surface area contributed by atoms with Crippen molar-refractivity contribution in [3.05, 3.63) is 113 Å². The molecule has 2 aromatic rings. The highest BCUT2D eigenvalue weighted by Crippen LogP contribution is 2.58. The molecule has 32 heavy (non-hydrogen) atoms. The van der Waals surface area contributed by atoms with E-state index in [-0.39, 0.29) is 5.41 Å². The minimum Gasteiger partial charge on any atom is -0.356 e. The Bertz CT molecular complexity index is 1120. The van der Waals surface area contributed by atoms with E-state index < -0.39 is 0 Å². The predicted octanol–water partition coefficient (Wildman–Crippen LogP) is 8.18. The minimum absolute atomic E-state index is 0.0262. The fourth-order valence-electron chi connectivity index (χ4n) is 6.77. The summed E-state index contributed by atoms with van der Waals surface area (Å²) in [7, 11) is 0. The summed E-state index contributed by atoms with van der Waals surface area (Å²) in [5, 5.41) is 3.70. The zero-order chi connectivity index (χ0) is 21.4. The van der Waals surface area contributed by atoms with Gasteiger partial charge in [0.1, 0.15) is 0 Å². The Morgan fingerprint density at radius 3 is 2.44 bits per heavy atom. The van der Waals surface area contributed by atoms with Crippen molar-refractivity contribution in [2.75, 3.05) is 5.32 Å². The van der Waals surface area contributed by atoms with E-state index in [2.05, 4.69) is 90.3 Å². The van der Waals surface area contributed by atoms with Crippen LogP contribution in [0, 0.1) is 5.92 Å². The molecule has 0 radical (unpaired) electrons. The van der Waals surface area contributed by atoms with Gasteiger partial charge in [0, 0.05) is 16.8 Å². The molecule has 0 heterocycles. The molecular weight excluding hydrogens is 386 g/mol. The predicted molar refractivity (Wildman–Crippen MR) is 135 cm³/mol. The van der Waals surface area contributed by atoms with E-state index in [1.807, 2.05) is 0 Å². The number of allylic oxidation sites excluding steroid dienone is 7. The van der Waals surface area contributed by atoms with Crippen molar-refractivity contribution in [2.45, 2.75) is 62.7 Å². The van der Waals surface area contributed by atoms with Gasteiger partial charge in [0.05, 0.1) is 0 Å². The van der Waals surface area contributed by atoms with Gasteiger partial charge in [-0.2, -0.15) is 0 Å². The first kappa shape index (κ1) is 19.9. The van der Waals surface area contributed by atoms with Crippen LogP contribution < -0.4 is 5.32 Å². The van der Waals surface area contributed by atoms with E-state index in [0.717, 1.165) is 25.2 Å². The van der Waals surface area contributed by atoms with Crippen LogP contribution in [-0.2, 0) is 5.41 Å². The number of benzene rings is 2. The molecule has 1 nitrogen and oxygen atoms in total. The highest BCUT2D eigenvalue weighted by molar-refractivity contribution is 5.63. The molecule has 1 saturated carbocycles. The van der Waals surface area contributed by atoms with E-state index in [1.54, 1.807) is 11.1 Å². The molecule has 0 spiro atoms. The van der Waals surface area contributed by atoms with Gasteiger partial charge < -0.3 is 5.32 Å². The molecule has 3 atom stereocenters. The Morgan fingerprint density at radius 1 is 0.812 bits per heavy atom. The summed E-state index contributed by atoms with van der Waals surface area (Å²) < 4.78 is 0. The van der Waals surface area contributed by atoms with E-state index >= 15 is 0 Å². The van der Waals surface area contributed by atoms with Crippen molar-refractivity contribution < 1.29 is 0 Å². The number of nitrogens with one attached hydrogen (secondary N) is 1. The summed E-state index contributed by atoms with van der Waals surface area (Å²) in [4.78, 5) is 0. The van der Waals surface area contributed by atoms with Crippen LogP contribution >= 0.6 is 0 Å². The van der Waals surface area contributed by atoms with Gasteiger partial charge in [0.25, 0.3) is 0 Å². The van der Waals surface area contributed by atoms with Crippen LogP contribution in [0.4, 0.5) is 5.69 Å². The third-order valence-electron chi connectivity index (χ3n) is 8.18. The standard InChI is InChI=1S/C31H33N/c1-4-12-24(13-5-1)31(25-14-6-2-7-15-25)22-23-11-10-18-28(23)29-21-27(19-20-30(29)31)32-26-16-8-3-9-17-26/h1,4-6,8,12-17,19-21,23,28,32H,2-3,7,9-11,18,22H2. The van der Waals surface area contributed by atoms with Gasteiger partial charge in [-0.25, -0.2) is 0 Å². The quantitative estimate of drug-likeness (QED) is 0.527. The Morgan fingerprint density at radius 2 is 1.66 bits per heavy atom. The van der Waals surface area contributed by atoms with Crippen LogP contribution in [0.2, 0.25) is 0 Å². The van der Waals surface area contributed by atoms with Crippen LogP contribution in [0.15, 0.2) is 96.3 Å². The van der Waals surface area contributed by atoms with Gasteiger partial charge in [-0.3, -0.25) is 0 Å². The van der Waals surface area contributed by atoms with Crippen LogP contribution in [0.5, 0.6) is 0 Å². The monoisotopic (exact) mass is 419 g/mol. The van der Waals surface area contributed by atoms with Crippen molar-refractivity contribution in [2.24, 2.45) is 5.92 Å². The molecule has 1 heteroatoms. The second-order valence-corrected chi connectivity index (χ2v) is 9.98. The summed E-state index contributed by atoms with van der Waals surface area (Å²) in [6.07, 6.45) is 24.1. The van der Waals surface area contributed by atoms with Crippen LogP contribution in [-0.4, -0.2) is 0 Å². The first-order valence-corrected chi connectivity index (χ1v) is 12.6. The smallest absolute Gasteiger partial charge is 0.0453 e. The van der Waals surface area contributed by atoms with Gasteiger partial charge >= 0.3 is 0 Å². The fourth-order valence-corrected chi connectivity index (χ4v) is 6.77. The lowest BCUT2D eigenvalue weighted by Gasteiger charge is -2.46. The van der Waals surface area contributed by atoms with Crippen LogP contribution in [0.25, 0.3) is 0 Å². The highest BCUT2D eigenvalue weighted by Gasteiger charge is 2.48. The molecule has 0 aromatic heterocycles. The van der Waals surface area contributed by atoms with Crippen LogP contribution in [0.1, 0.15) is 74.0 Å². The van der Waals surface area contributed by atoms with Crippen molar-refractivity contribution in [1.82, 2.24) is 0 Å². The van der Waals surface area contributed by atoms with E-state index in [4.69, 9.17) is 0 Å². The normalized spacial score (nSPS) is 28.5. The Hall–Kier alpha value is -2.80. The lowest BCUT2D eigenvalue weighted by Crippen LogP contribution is -2.38. The molecule has 0 aliphatic heterocycles. The molecule has 1 N–H and O–H groups in total. The zero-order valence-electron chi connectivity index (χ0n) is 18.9. The molecule has 0 amide bonds. The molecule has 3 unspecified atom stereocenters. The topological polar surface area (TPSA) is 12.0 Å². The summed E-state index contributed by atoms with van der Waals surface area (Å²) in [6.45, 7) is 0. The van der Waals surface area contributed by atoms with Gasteiger partial charge in [0.15, 0.2) is 0 Å². The van der Waals surface area contributed by atoms with Gasteiger partial charge in [-0.1, -0.05) is 73.2 Å². The van der Waals surface area contributed by atoms with Crippen LogP contribution in [0.3, 0.4) is 0 Å². The SMILES string of the molecule is C1=CC(Nc2ccc3c(c2)C2CCCC2CC3(C2=CCCC=C2)c2ccccc2)=CCC1. The zero-order valence-corrected chi connectivity index (χ0v) is 18.9. The molecular formula is C31H33N. The molecule has 0 bridgehead atoms. The van der Waals surface area contributed by atoms with E-state index in [0.29, 0.717) is 5.92 Å². The number of anilines is 1. The summed E-state index contributed by atoms with van der Waals surface area (Å²) in [6, 6.07) is 18.6. The lowest BCUT2D eigenvalue weighted by molar-refractivity contribution is 0.342. The highest BCUT2D eigenvalue weighted by atomic mass is 14.9. The average molecular weight is 420 g/mol. The molecule has 162 valence electrons.